The minimum Gasteiger partial charge on any atom is -0.389 e. The molecule has 4 heteroatoms. The SMILES string of the molecule is CC(C)(O)CNc1ccnc(F)c1. The van der Waals surface area contributed by atoms with Crippen molar-refractivity contribution in [3.05, 3.63) is 24.3 Å². The number of hydrogen-bond acceptors (Lipinski definition) is 3. The molecule has 0 saturated carbocycles. The highest BCUT2D eigenvalue weighted by Gasteiger charge is 2.11. The maximum atomic E-state index is 12.6. The second kappa shape index (κ2) is 3.70. The molecule has 3 nitrogen and oxygen atoms in total. The standard InChI is InChI=1S/C9H13FN2O/c1-9(2,13)6-12-7-3-4-11-8(10)5-7/h3-5,13H,6H2,1-2H3,(H,11,12). The molecule has 1 aromatic rings. The quantitative estimate of drug-likeness (QED) is 0.698. The summed E-state index contributed by atoms with van der Waals surface area (Å²) in [5, 5.41) is 12.3. The number of nitrogens with zero attached hydrogens (tertiary/aromatic N) is 1. The third-order valence-corrected chi connectivity index (χ3v) is 1.45. The van der Waals surface area contributed by atoms with Gasteiger partial charge < -0.3 is 10.4 Å². The summed E-state index contributed by atoms with van der Waals surface area (Å²) in [5.74, 6) is -0.527. The first-order chi connectivity index (χ1) is 5.97. The van der Waals surface area contributed by atoms with Gasteiger partial charge in [0, 0.05) is 24.5 Å². The molecule has 0 atom stereocenters. The third kappa shape index (κ3) is 3.85. The number of anilines is 1. The lowest BCUT2D eigenvalue weighted by molar-refractivity contribution is 0.0945. The van der Waals surface area contributed by atoms with Crippen molar-refractivity contribution in [3.63, 3.8) is 0 Å². The lowest BCUT2D eigenvalue weighted by Crippen LogP contribution is -2.29. The molecule has 0 saturated heterocycles. The van der Waals surface area contributed by atoms with E-state index in [2.05, 4.69) is 10.3 Å². The maximum absolute atomic E-state index is 12.6. The van der Waals surface area contributed by atoms with E-state index in [-0.39, 0.29) is 0 Å². The fraction of sp³-hybridized carbons (Fsp3) is 0.444. The van der Waals surface area contributed by atoms with Crippen molar-refractivity contribution in [1.29, 1.82) is 0 Å². The highest BCUT2D eigenvalue weighted by Crippen LogP contribution is 2.09. The Balaban J connectivity index is 2.55. The van der Waals surface area contributed by atoms with Gasteiger partial charge in [0.05, 0.1) is 5.60 Å². The van der Waals surface area contributed by atoms with Crippen LogP contribution in [0.25, 0.3) is 0 Å². The summed E-state index contributed by atoms with van der Waals surface area (Å²) in [7, 11) is 0. The fourth-order valence-corrected chi connectivity index (χ4v) is 0.831. The van der Waals surface area contributed by atoms with E-state index in [1.165, 1.54) is 12.3 Å². The summed E-state index contributed by atoms with van der Waals surface area (Å²) in [6, 6.07) is 2.93. The van der Waals surface area contributed by atoms with E-state index in [9.17, 15) is 9.50 Å². The maximum Gasteiger partial charge on any atom is 0.214 e. The molecule has 1 heterocycles. The smallest absolute Gasteiger partial charge is 0.214 e. The average molecular weight is 184 g/mol. The molecular weight excluding hydrogens is 171 g/mol. The Bertz CT molecular complexity index is 283. The Morgan fingerprint density at radius 1 is 1.62 bits per heavy atom. The van der Waals surface area contributed by atoms with E-state index in [0.29, 0.717) is 12.2 Å². The van der Waals surface area contributed by atoms with Crippen LogP contribution in [0.5, 0.6) is 0 Å². The zero-order chi connectivity index (χ0) is 9.90. The molecule has 0 aliphatic carbocycles. The van der Waals surface area contributed by atoms with Crippen LogP contribution in [-0.4, -0.2) is 22.2 Å². The van der Waals surface area contributed by atoms with Crippen molar-refractivity contribution in [3.8, 4) is 0 Å². The molecule has 72 valence electrons. The minimum absolute atomic E-state index is 0.371. The van der Waals surface area contributed by atoms with Gasteiger partial charge in [0.1, 0.15) is 0 Å². The van der Waals surface area contributed by atoms with Gasteiger partial charge in [-0.1, -0.05) is 0 Å². The van der Waals surface area contributed by atoms with Crippen molar-refractivity contribution in [2.75, 3.05) is 11.9 Å². The molecule has 0 unspecified atom stereocenters. The molecule has 0 spiro atoms. The van der Waals surface area contributed by atoms with E-state index < -0.39 is 11.5 Å². The molecule has 0 aliphatic heterocycles. The summed E-state index contributed by atoms with van der Waals surface area (Å²) >= 11 is 0. The predicted octanol–water partition coefficient (Wildman–Crippen LogP) is 1.40. The molecule has 2 N–H and O–H groups in total. The first-order valence-corrected chi connectivity index (χ1v) is 4.05. The molecule has 13 heavy (non-hydrogen) atoms. The molecular formula is C9H13FN2O. The van der Waals surface area contributed by atoms with Gasteiger partial charge in [-0.25, -0.2) is 4.98 Å². The summed E-state index contributed by atoms with van der Waals surface area (Å²) in [6.45, 7) is 3.73. The van der Waals surface area contributed by atoms with Gasteiger partial charge in [-0.3, -0.25) is 0 Å². The molecule has 0 bridgehead atoms. The summed E-state index contributed by atoms with van der Waals surface area (Å²) in [5.41, 5.74) is -0.186. The molecule has 1 aromatic heterocycles. The predicted molar refractivity (Wildman–Crippen MR) is 49.0 cm³/mol. The molecule has 1 rings (SSSR count). The largest absolute Gasteiger partial charge is 0.389 e. The lowest BCUT2D eigenvalue weighted by atomic mass is 10.1. The van der Waals surface area contributed by atoms with Crippen LogP contribution in [0.3, 0.4) is 0 Å². The number of nitrogens with one attached hydrogen (secondary N) is 1. The Labute approximate surface area is 76.6 Å². The minimum atomic E-state index is -0.806. The summed E-state index contributed by atoms with van der Waals surface area (Å²) < 4.78 is 12.6. The van der Waals surface area contributed by atoms with Gasteiger partial charge >= 0.3 is 0 Å². The summed E-state index contributed by atoms with van der Waals surface area (Å²) in [4.78, 5) is 3.42. The van der Waals surface area contributed by atoms with Gasteiger partial charge in [0.15, 0.2) is 0 Å². The van der Waals surface area contributed by atoms with Crippen LogP contribution in [-0.2, 0) is 0 Å². The van der Waals surface area contributed by atoms with Crippen LogP contribution in [0.4, 0.5) is 10.1 Å². The van der Waals surface area contributed by atoms with Gasteiger partial charge in [-0.15, -0.1) is 0 Å². The molecule has 0 amide bonds. The van der Waals surface area contributed by atoms with Gasteiger partial charge in [0.2, 0.25) is 5.95 Å². The topological polar surface area (TPSA) is 45.1 Å². The van der Waals surface area contributed by atoms with Crippen LogP contribution in [0.1, 0.15) is 13.8 Å². The van der Waals surface area contributed by atoms with Crippen LogP contribution in [0.15, 0.2) is 18.3 Å². The van der Waals surface area contributed by atoms with Crippen molar-refractivity contribution < 1.29 is 9.50 Å². The highest BCUT2D eigenvalue weighted by molar-refractivity contribution is 5.41. The number of aliphatic hydroxyl groups is 1. The first-order valence-electron chi connectivity index (χ1n) is 4.05. The molecule has 0 aliphatic rings. The van der Waals surface area contributed by atoms with Gasteiger partial charge in [0.25, 0.3) is 0 Å². The first kappa shape index (κ1) is 9.92. The Kier molecular flexibility index (Phi) is 2.83. The van der Waals surface area contributed by atoms with Gasteiger partial charge in [-0.05, 0) is 19.9 Å². The summed E-state index contributed by atoms with van der Waals surface area (Å²) in [6.07, 6.45) is 1.38. The fourth-order valence-electron chi connectivity index (χ4n) is 0.831. The zero-order valence-electron chi connectivity index (χ0n) is 7.71. The number of halogens is 1. The molecule has 0 aromatic carbocycles. The molecule has 0 fully saturated rings. The lowest BCUT2D eigenvalue weighted by Gasteiger charge is -2.18. The second-order valence-corrected chi connectivity index (χ2v) is 3.53. The Hall–Kier alpha value is -1.16. The number of hydrogen-bond donors (Lipinski definition) is 2. The van der Waals surface area contributed by atoms with Crippen LogP contribution < -0.4 is 5.32 Å². The van der Waals surface area contributed by atoms with Crippen molar-refractivity contribution >= 4 is 5.69 Å². The second-order valence-electron chi connectivity index (χ2n) is 3.53. The van der Waals surface area contributed by atoms with Gasteiger partial charge in [-0.2, -0.15) is 4.39 Å². The van der Waals surface area contributed by atoms with Crippen LogP contribution in [0, 0.1) is 5.95 Å². The zero-order valence-corrected chi connectivity index (χ0v) is 7.71. The van der Waals surface area contributed by atoms with Crippen LogP contribution in [0.2, 0.25) is 0 Å². The number of aromatic nitrogens is 1. The van der Waals surface area contributed by atoms with Crippen molar-refractivity contribution in [1.82, 2.24) is 4.98 Å². The highest BCUT2D eigenvalue weighted by atomic mass is 19.1. The van der Waals surface area contributed by atoms with Crippen molar-refractivity contribution in [2.45, 2.75) is 19.4 Å². The normalized spacial score (nSPS) is 11.4. The van der Waals surface area contributed by atoms with E-state index in [1.54, 1.807) is 19.9 Å². The number of pyridine rings is 1. The average Bonchev–Trinajstić information content (AvgIpc) is 2.00. The Morgan fingerprint density at radius 3 is 2.85 bits per heavy atom. The third-order valence-electron chi connectivity index (χ3n) is 1.45. The molecule has 0 radical (unpaired) electrons. The number of rotatable bonds is 3. The van der Waals surface area contributed by atoms with E-state index in [0.717, 1.165) is 0 Å². The monoisotopic (exact) mass is 184 g/mol. The van der Waals surface area contributed by atoms with Crippen molar-refractivity contribution in [2.24, 2.45) is 0 Å². The van der Waals surface area contributed by atoms with E-state index in [1.807, 2.05) is 0 Å². The van der Waals surface area contributed by atoms with Crippen LogP contribution >= 0.6 is 0 Å². The van der Waals surface area contributed by atoms with E-state index >= 15 is 0 Å². The van der Waals surface area contributed by atoms with E-state index in [4.69, 9.17) is 0 Å². The Morgan fingerprint density at radius 2 is 2.31 bits per heavy atom.